The normalized spacial score (nSPS) is 11.7. The minimum absolute atomic E-state index is 0.0701. The Morgan fingerprint density at radius 2 is 1.57 bits per heavy atom. The van der Waals surface area contributed by atoms with Crippen molar-refractivity contribution in [2.24, 2.45) is 0 Å². The van der Waals surface area contributed by atoms with Gasteiger partial charge >= 0.3 is 5.97 Å². The molecule has 4 rings (SSSR count). The Morgan fingerprint density at radius 1 is 0.900 bits per heavy atom. The molecular weight excluding hydrogens is 545 g/mol. The first kappa shape index (κ1) is 29.9. The van der Waals surface area contributed by atoms with Gasteiger partial charge in [-0.1, -0.05) is 94.3 Å². The molecule has 4 aromatic rings. The third-order valence-corrected chi connectivity index (χ3v) is 7.81. The van der Waals surface area contributed by atoms with Crippen LogP contribution in [0.4, 0.5) is 0 Å². The highest BCUT2D eigenvalue weighted by molar-refractivity contribution is 6.31. The number of halogens is 2. The molecule has 1 N–H and O–H groups in total. The standard InChI is InChI=1S/C32H37Cl2N3O3/c1-4-5-6-7-8-9-18-40-30(38)17-10-22-19-26(32(2,3)23-11-13-24(33)14-12-23)31(39)29(20-22)37-35-27-16-15-25(34)21-28(27)36-37/h11-16,19-21,39H,4-10,17-18H2,1-3H3. The molecule has 1 heterocycles. The van der Waals surface area contributed by atoms with Crippen LogP contribution in [0.15, 0.2) is 54.6 Å². The van der Waals surface area contributed by atoms with Crippen molar-refractivity contribution in [3.63, 3.8) is 0 Å². The predicted octanol–water partition coefficient (Wildman–Crippen LogP) is 8.60. The summed E-state index contributed by atoms with van der Waals surface area (Å²) in [6.07, 6.45) is 7.54. The summed E-state index contributed by atoms with van der Waals surface area (Å²) in [4.78, 5) is 14.0. The Morgan fingerprint density at radius 3 is 2.33 bits per heavy atom. The van der Waals surface area contributed by atoms with Crippen LogP contribution in [0.5, 0.6) is 5.75 Å². The molecule has 0 radical (unpaired) electrons. The molecule has 0 saturated heterocycles. The van der Waals surface area contributed by atoms with E-state index in [1.807, 2.05) is 50.2 Å². The van der Waals surface area contributed by atoms with Crippen LogP contribution in [0.3, 0.4) is 0 Å². The van der Waals surface area contributed by atoms with E-state index in [2.05, 4.69) is 17.1 Å². The average Bonchev–Trinajstić information content (AvgIpc) is 3.35. The van der Waals surface area contributed by atoms with Crippen LogP contribution in [0.1, 0.15) is 82.4 Å². The van der Waals surface area contributed by atoms with E-state index in [4.69, 9.17) is 27.9 Å². The number of rotatable bonds is 13. The summed E-state index contributed by atoms with van der Waals surface area (Å²) in [7, 11) is 0. The molecule has 0 atom stereocenters. The van der Waals surface area contributed by atoms with Crippen molar-refractivity contribution in [2.75, 3.05) is 6.61 Å². The van der Waals surface area contributed by atoms with Crippen LogP contribution in [0.25, 0.3) is 16.7 Å². The van der Waals surface area contributed by atoms with Crippen LogP contribution >= 0.6 is 23.2 Å². The van der Waals surface area contributed by atoms with Crippen molar-refractivity contribution in [2.45, 2.75) is 77.6 Å². The number of carbonyl (C=O) groups is 1. The number of phenolic OH excluding ortho intramolecular Hbond substituents is 1. The van der Waals surface area contributed by atoms with Crippen LogP contribution in [-0.2, 0) is 21.4 Å². The van der Waals surface area contributed by atoms with Crippen LogP contribution < -0.4 is 0 Å². The molecule has 212 valence electrons. The molecular formula is C32H37Cl2N3O3. The van der Waals surface area contributed by atoms with E-state index >= 15 is 0 Å². The number of esters is 1. The zero-order chi connectivity index (χ0) is 28.7. The lowest BCUT2D eigenvalue weighted by Gasteiger charge is -2.28. The van der Waals surface area contributed by atoms with E-state index in [9.17, 15) is 9.90 Å². The minimum atomic E-state index is -0.576. The molecule has 0 unspecified atom stereocenters. The lowest BCUT2D eigenvalue weighted by atomic mass is 9.76. The lowest BCUT2D eigenvalue weighted by molar-refractivity contribution is -0.143. The van der Waals surface area contributed by atoms with Gasteiger partial charge in [-0.05, 0) is 60.4 Å². The third-order valence-electron chi connectivity index (χ3n) is 7.33. The molecule has 0 saturated carbocycles. The maximum atomic E-state index is 12.5. The minimum Gasteiger partial charge on any atom is -0.505 e. The van der Waals surface area contributed by atoms with Gasteiger partial charge in [-0.2, -0.15) is 0 Å². The smallest absolute Gasteiger partial charge is 0.306 e. The molecule has 6 nitrogen and oxygen atoms in total. The van der Waals surface area contributed by atoms with Gasteiger partial charge in [-0.3, -0.25) is 4.79 Å². The summed E-state index contributed by atoms with van der Waals surface area (Å²) < 4.78 is 5.49. The van der Waals surface area contributed by atoms with Crippen molar-refractivity contribution in [3.05, 3.63) is 81.3 Å². The number of aryl methyl sites for hydroxylation is 1. The molecule has 0 bridgehead atoms. The van der Waals surface area contributed by atoms with Gasteiger partial charge in [0.2, 0.25) is 0 Å². The number of ether oxygens (including phenoxy) is 1. The number of phenols is 1. The van der Waals surface area contributed by atoms with Crippen molar-refractivity contribution in [1.29, 1.82) is 0 Å². The summed E-state index contributed by atoms with van der Waals surface area (Å²) in [5.74, 6) is -0.153. The molecule has 0 amide bonds. The van der Waals surface area contributed by atoms with E-state index < -0.39 is 5.41 Å². The number of hydrogen-bond donors (Lipinski definition) is 1. The van der Waals surface area contributed by atoms with Gasteiger partial charge in [0.05, 0.1) is 6.61 Å². The molecule has 0 aliphatic rings. The highest BCUT2D eigenvalue weighted by Crippen LogP contribution is 2.41. The molecule has 40 heavy (non-hydrogen) atoms. The van der Waals surface area contributed by atoms with Crippen molar-refractivity contribution < 1.29 is 14.6 Å². The summed E-state index contributed by atoms with van der Waals surface area (Å²) in [6, 6.07) is 16.7. The molecule has 1 aromatic heterocycles. The number of hydrogen-bond acceptors (Lipinski definition) is 5. The molecule has 0 spiro atoms. The van der Waals surface area contributed by atoms with Gasteiger partial charge in [-0.25, -0.2) is 0 Å². The maximum Gasteiger partial charge on any atom is 0.306 e. The van der Waals surface area contributed by atoms with Crippen molar-refractivity contribution in [3.8, 4) is 11.4 Å². The number of unbranched alkanes of at least 4 members (excludes halogenated alkanes) is 5. The van der Waals surface area contributed by atoms with Gasteiger partial charge in [0.25, 0.3) is 0 Å². The summed E-state index contributed by atoms with van der Waals surface area (Å²) in [5.41, 5.74) is 3.69. The van der Waals surface area contributed by atoms with Gasteiger partial charge in [0, 0.05) is 27.4 Å². The number of carbonyl (C=O) groups excluding carboxylic acids is 1. The number of benzene rings is 3. The van der Waals surface area contributed by atoms with Gasteiger partial charge in [-0.15, -0.1) is 15.0 Å². The Balaban J connectivity index is 1.59. The average molecular weight is 583 g/mol. The predicted molar refractivity (Wildman–Crippen MR) is 162 cm³/mol. The maximum absolute atomic E-state index is 12.5. The Bertz CT molecular complexity index is 1450. The second-order valence-electron chi connectivity index (χ2n) is 10.8. The Hall–Kier alpha value is -3.09. The monoisotopic (exact) mass is 581 g/mol. The first-order chi connectivity index (χ1) is 19.2. The topological polar surface area (TPSA) is 77.2 Å². The van der Waals surface area contributed by atoms with Gasteiger partial charge in [0.15, 0.2) is 0 Å². The van der Waals surface area contributed by atoms with Crippen molar-refractivity contribution in [1.82, 2.24) is 15.0 Å². The molecule has 0 aliphatic carbocycles. The zero-order valence-electron chi connectivity index (χ0n) is 23.4. The highest BCUT2D eigenvalue weighted by Gasteiger charge is 2.29. The second kappa shape index (κ2) is 13.5. The Labute approximate surface area is 246 Å². The molecule has 0 aliphatic heterocycles. The van der Waals surface area contributed by atoms with Crippen LogP contribution in [0, 0.1) is 0 Å². The third kappa shape index (κ3) is 7.35. The van der Waals surface area contributed by atoms with Gasteiger partial charge < -0.3 is 9.84 Å². The zero-order valence-corrected chi connectivity index (χ0v) is 24.9. The highest BCUT2D eigenvalue weighted by atomic mass is 35.5. The summed E-state index contributed by atoms with van der Waals surface area (Å²) >= 11 is 12.3. The SMILES string of the molecule is CCCCCCCCOC(=O)CCc1cc(-n2nc3ccc(Cl)cc3n2)c(O)c(C(C)(C)c2ccc(Cl)cc2)c1. The largest absolute Gasteiger partial charge is 0.505 e. The van der Waals surface area contributed by atoms with Crippen LogP contribution in [-0.4, -0.2) is 32.7 Å². The molecule has 3 aromatic carbocycles. The van der Waals surface area contributed by atoms with E-state index in [0.717, 1.165) is 24.0 Å². The van der Waals surface area contributed by atoms with E-state index in [-0.39, 0.29) is 18.1 Å². The van der Waals surface area contributed by atoms with E-state index in [0.29, 0.717) is 45.4 Å². The fourth-order valence-electron chi connectivity index (χ4n) is 4.86. The number of nitrogens with zero attached hydrogens (tertiary/aromatic N) is 3. The summed E-state index contributed by atoms with van der Waals surface area (Å²) in [5, 5.41) is 21.9. The quantitative estimate of drug-likeness (QED) is 0.126. The van der Waals surface area contributed by atoms with Gasteiger partial charge in [0.1, 0.15) is 22.5 Å². The number of aromatic nitrogens is 3. The first-order valence-electron chi connectivity index (χ1n) is 14.0. The summed E-state index contributed by atoms with van der Waals surface area (Å²) in [6.45, 7) is 6.73. The second-order valence-corrected chi connectivity index (χ2v) is 11.6. The number of fused-ring (bicyclic) bond motifs is 1. The fraction of sp³-hybridized carbons (Fsp3) is 0.406. The van der Waals surface area contributed by atoms with Crippen molar-refractivity contribution >= 4 is 40.2 Å². The Kier molecular flexibility index (Phi) is 10.1. The first-order valence-corrected chi connectivity index (χ1v) is 14.8. The van der Waals surface area contributed by atoms with Crippen LogP contribution in [0.2, 0.25) is 10.0 Å². The molecule has 8 heteroatoms. The fourth-order valence-corrected chi connectivity index (χ4v) is 5.15. The van der Waals surface area contributed by atoms with E-state index in [1.165, 1.54) is 30.5 Å². The lowest BCUT2D eigenvalue weighted by Crippen LogP contribution is -2.20. The van der Waals surface area contributed by atoms with E-state index in [1.54, 1.807) is 18.2 Å². The molecule has 0 fully saturated rings. The number of aromatic hydroxyl groups is 1.